The van der Waals surface area contributed by atoms with Crippen LogP contribution in [0.5, 0.6) is 0 Å². The van der Waals surface area contributed by atoms with Crippen molar-refractivity contribution >= 4 is 17.6 Å². The van der Waals surface area contributed by atoms with Crippen molar-refractivity contribution in [2.75, 3.05) is 13.1 Å². The lowest BCUT2D eigenvalue weighted by Gasteiger charge is -2.32. The number of carbonyl (C=O) groups is 1. The van der Waals surface area contributed by atoms with E-state index in [2.05, 4.69) is 30.3 Å². The van der Waals surface area contributed by atoms with Crippen LogP contribution < -0.4 is 0 Å². The first-order chi connectivity index (χ1) is 13.8. The van der Waals surface area contributed by atoms with Crippen molar-refractivity contribution in [1.29, 1.82) is 0 Å². The lowest BCUT2D eigenvalue weighted by atomic mass is 9.89. The fraction of sp³-hybridized carbons (Fsp3) is 0.240. The first-order valence-corrected chi connectivity index (χ1v) is 9.93. The van der Waals surface area contributed by atoms with E-state index in [1.54, 1.807) is 6.26 Å². The molecule has 3 heteroatoms. The minimum atomic E-state index is 0.0840. The lowest BCUT2D eigenvalue weighted by molar-refractivity contribution is -0.126. The second-order valence-electron chi connectivity index (χ2n) is 7.36. The van der Waals surface area contributed by atoms with E-state index in [9.17, 15) is 4.79 Å². The Morgan fingerprint density at radius 2 is 1.61 bits per heavy atom. The summed E-state index contributed by atoms with van der Waals surface area (Å²) >= 11 is 0. The Hall–Kier alpha value is -3.07. The number of carbonyl (C=O) groups excluding carboxylic acids is 1. The number of benzene rings is 2. The monoisotopic (exact) mass is 371 g/mol. The molecule has 1 saturated heterocycles. The summed E-state index contributed by atoms with van der Waals surface area (Å²) < 4.78 is 5.46. The summed E-state index contributed by atoms with van der Waals surface area (Å²) in [4.78, 5) is 15.3. The molecule has 0 spiro atoms. The average Bonchev–Trinajstić information content (AvgIpc) is 3.27. The second kappa shape index (κ2) is 8.75. The van der Waals surface area contributed by atoms with Crippen LogP contribution in [0.2, 0.25) is 0 Å². The van der Waals surface area contributed by atoms with Gasteiger partial charge in [-0.2, -0.15) is 0 Å². The van der Waals surface area contributed by atoms with Gasteiger partial charge < -0.3 is 9.32 Å². The highest BCUT2D eigenvalue weighted by Crippen LogP contribution is 2.26. The molecule has 1 aromatic heterocycles. The van der Waals surface area contributed by atoms with Crippen molar-refractivity contribution in [3.63, 3.8) is 0 Å². The number of hydrogen-bond acceptors (Lipinski definition) is 2. The van der Waals surface area contributed by atoms with E-state index >= 15 is 0 Å². The summed E-state index contributed by atoms with van der Waals surface area (Å²) in [5.74, 6) is 1.42. The Kier molecular flexibility index (Phi) is 5.72. The highest BCUT2D eigenvalue weighted by molar-refractivity contribution is 6.24. The average molecular weight is 371 g/mol. The van der Waals surface area contributed by atoms with E-state index in [1.165, 1.54) is 5.56 Å². The van der Waals surface area contributed by atoms with E-state index < -0.39 is 0 Å². The molecule has 1 aliphatic rings. The van der Waals surface area contributed by atoms with Gasteiger partial charge in [0.25, 0.3) is 5.91 Å². The van der Waals surface area contributed by atoms with Crippen LogP contribution in [0.4, 0.5) is 0 Å². The fourth-order valence-electron chi connectivity index (χ4n) is 3.86. The maximum atomic E-state index is 13.3. The van der Waals surface area contributed by atoms with Crippen molar-refractivity contribution in [2.24, 2.45) is 5.92 Å². The number of hydrogen-bond donors (Lipinski definition) is 0. The van der Waals surface area contributed by atoms with E-state index in [-0.39, 0.29) is 5.91 Å². The van der Waals surface area contributed by atoms with Gasteiger partial charge in [-0.1, -0.05) is 60.7 Å². The van der Waals surface area contributed by atoms with Crippen LogP contribution in [-0.2, 0) is 11.2 Å². The first kappa shape index (κ1) is 18.3. The van der Waals surface area contributed by atoms with E-state index in [0.29, 0.717) is 17.3 Å². The number of rotatable bonds is 5. The van der Waals surface area contributed by atoms with Gasteiger partial charge in [0.1, 0.15) is 5.76 Å². The predicted octanol–water partition coefficient (Wildman–Crippen LogP) is 5.30. The number of likely N-dealkylation sites (tertiary alicyclic amines) is 1. The summed E-state index contributed by atoms with van der Waals surface area (Å²) in [6, 6.07) is 24.2. The normalized spacial score (nSPS) is 15.6. The van der Waals surface area contributed by atoms with E-state index in [0.717, 1.165) is 37.9 Å². The topological polar surface area (TPSA) is 33.5 Å². The van der Waals surface area contributed by atoms with Crippen LogP contribution in [0.1, 0.15) is 29.7 Å². The zero-order valence-corrected chi connectivity index (χ0v) is 16.0. The zero-order chi connectivity index (χ0) is 19.2. The third kappa shape index (κ3) is 4.42. The smallest absolute Gasteiger partial charge is 0.254 e. The van der Waals surface area contributed by atoms with Gasteiger partial charge in [0.15, 0.2) is 0 Å². The zero-order valence-electron chi connectivity index (χ0n) is 16.0. The fourth-order valence-corrected chi connectivity index (χ4v) is 3.86. The molecule has 2 heterocycles. The van der Waals surface area contributed by atoms with Crippen LogP contribution in [0.3, 0.4) is 0 Å². The maximum absolute atomic E-state index is 13.3. The SMILES string of the molecule is O=C(/C(=C/c1ccco1)c1ccccc1)N1CCC(Cc2ccccc2)CC1. The van der Waals surface area contributed by atoms with Crippen molar-refractivity contribution in [3.05, 3.63) is 95.9 Å². The van der Waals surface area contributed by atoms with E-state index in [1.807, 2.05) is 53.4 Å². The van der Waals surface area contributed by atoms with Crippen molar-refractivity contribution in [1.82, 2.24) is 4.90 Å². The third-order valence-corrected chi connectivity index (χ3v) is 5.41. The molecule has 1 amide bonds. The molecular weight excluding hydrogens is 346 g/mol. The molecule has 0 aliphatic carbocycles. The number of nitrogens with zero attached hydrogens (tertiary/aromatic N) is 1. The molecular formula is C25H25NO2. The molecule has 2 aromatic carbocycles. The van der Waals surface area contributed by atoms with Gasteiger partial charge in [0, 0.05) is 13.1 Å². The molecule has 4 rings (SSSR count). The van der Waals surface area contributed by atoms with Gasteiger partial charge in [0.05, 0.1) is 11.8 Å². The van der Waals surface area contributed by atoms with Gasteiger partial charge in [-0.25, -0.2) is 0 Å². The van der Waals surface area contributed by atoms with Crippen molar-refractivity contribution < 1.29 is 9.21 Å². The largest absolute Gasteiger partial charge is 0.465 e. The van der Waals surface area contributed by atoms with Gasteiger partial charge >= 0.3 is 0 Å². The molecule has 0 radical (unpaired) electrons. The van der Waals surface area contributed by atoms with Gasteiger partial charge in [-0.3, -0.25) is 4.79 Å². The molecule has 1 aliphatic heterocycles. The molecule has 3 nitrogen and oxygen atoms in total. The Morgan fingerprint density at radius 1 is 0.929 bits per heavy atom. The Morgan fingerprint density at radius 3 is 2.25 bits per heavy atom. The minimum Gasteiger partial charge on any atom is -0.465 e. The van der Waals surface area contributed by atoms with Crippen LogP contribution >= 0.6 is 0 Å². The summed E-state index contributed by atoms with van der Waals surface area (Å²) in [6.07, 6.45) is 6.67. The maximum Gasteiger partial charge on any atom is 0.254 e. The summed E-state index contributed by atoms with van der Waals surface area (Å²) in [5, 5.41) is 0. The van der Waals surface area contributed by atoms with Crippen LogP contribution in [0, 0.1) is 5.92 Å². The Labute approximate surface area is 166 Å². The van der Waals surface area contributed by atoms with Crippen LogP contribution in [0.25, 0.3) is 11.6 Å². The molecule has 0 saturated carbocycles. The first-order valence-electron chi connectivity index (χ1n) is 9.93. The number of furan rings is 1. The summed E-state index contributed by atoms with van der Waals surface area (Å²) in [5.41, 5.74) is 3.00. The predicted molar refractivity (Wildman–Crippen MR) is 112 cm³/mol. The molecule has 3 aromatic rings. The van der Waals surface area contributed by atoms with Gasteiger partial charge in [0.2, 0.25) is 0 Å². The third-order valence-electron chi connectivity index (χ3n) is 5.41. The summed E-state index contributed by atoms with van der Waals surface area (Å²) in [6.45, 7) is 1.61. The molecule has 0 bridgehead atoms. The minimum absolute atomic E-state index is 0.0840. The molecule has 0 N–H and O–H groups in total. The highest BCUT2D eigenvalue weighted by atomic mass is 16.3. The van der Waals surface area contributed by atoms with Crippen molar-refractivity contribution in [3.8, 4) is 0 Å². The van der Waals surface area contributed by atoms with Crippen LogP contribution in [0.15, 0.2) is 83.5 Å². The highest BCUT2D eigenvalue weighted by Gasteiger charge is 2.25. The van der Waals surface area contributed by atoms with Gasteiger partial charge in [-0.15, -0.1) is 0 Å². The van der Waals surface area contributed by atoms with Gasteiger partial charge in [-0.05, 0) is 54.5 Å². The molecule has 28 heavy (non-hydrogen) atoms. The molecule has 142 valence electrons. The number of piperidine rings is 1. The van der Waals surface area contributed by atoms with Crippen molar-refractivity contribution in [2.45, 2.75) is 19.3 Å². The lowest BCUT2D eigenvalue weighted by Crippen LogP contribution is -2.39. The second-order valence-corrected chi connectivity index (χ2v) is 7.36. The Bertz CT molecular complexity index is 906. The number of amides is 1. The van der Waals surface area contributed by atoms with Crippen LogP contribution in [-0.4, -0.2) is 23.9 Å². The quantitative estimate of drug-likeness (QED) is 0.570. The molecule has 0 atom stereocenters. The molecule has 0 unspecified atom stereocenters. The molecule has 1 fully saturated rings. The Balaban J connectivity index is 1.46. The summed E-state index contributed by atoms with van der Waals surface area (Å²) in [7, 11) is 0. The standard InChI is InChI=1S/C25H25NO2/c27-25(24(19-23-12-7-17-28-23)22-10-5-2-6-11-22)26-15-13-21(14-16-26)18-20-8-3-1-4-9-20/h1-12,17,19,21H,13-16,18H2/b24-19+. The van der Waals surface area contributed by atoms with E-state index in [4.69, 9.17) is 4.42 Å².